The Balaban J connectivity index is 2.79. The summed E-state index contributed by atoms with van der Waals surface area (Å²) in [5.41, 5.74) is 0. The highest BCUT2D eigenvalue weighted by Gasteiger charge is 1.98. The van der Waals surface area contributed by atoms with Crippen LogP contribution < -0.4 is 4.74 Å². The maximum Gasteiger partial charge on any atom is 0.303 e. The molecule has 0 radical (unpaired) electrons. The third kappa shape index (κ3) is 1.15. The summed E-state index contributed by atoms with van der Waals surface area (Å²) in [6, 6.07) is 0.345. The van der Waals surface area contributed by atoms with Gasteiger partial charge in [-0.05, 0) is 6.92 Å². The van der Waals surface area contributed by atoms with Crippen molar-refractivity contribution in [2.24, 2.45) is 0 Å². The summed E-state index contributed by atoms with van der Waals surface area (Å²) in [5.74, 6) is 0. The molecule has 0 aliphatic carbocycles. The fraction of sp³-hybridized carbons (Fsp3) is 0.333. The number of ether oxygens (including phenoxy) is 1. The maximum atomic E-state index is 9.86. The third-order valence-electron chi connectivity index (χ3n) is 1.17. The molecule has 0 bridgehead atoms. The first-order chi connectivity index (χ1) is 4.88. The van der Waals surface area contributed by atoms with Crippen molar-refractivity contribution in [1.29, 1.82) is 0 Å². The molecule has 0 atom stereocenters. The van der Waals surface area contributed by atoms with Gasteiger partial charge in [-0.15, -0.1) is 0 Å². The standard InChI is InChI=1S/C6H8N2O2/c1-2-8-4-3-7-6(8)10-5-9/h3-5H,2H2,1H3. The average molecular weight is 140 g/mol. The van der Waals surface area contributed by atoms with Crippen molar-refractivity contribution < 1.29 is 9.53 Å². The summed E-state index contributed by atoms with van der Waals surface area (Å²) < 4.78 is 6.27. The van der Waals surface area contributed by atoms with E-state index >= 15 is 0 Å². The topological polar surface area (TPSA) is 44.1 Å². The van der Waals surface area contributed by atoms with E-state index in [0.717, 1.165) is 6.54 Å². The first kappa shape index (κ1) is 6.80. The summed E-state index contributed by atoms with van der Waals surface area (Å²) in [5, 5.41) is 0. The molecule has 1 heterocycles. The molecule has 0 aliphatic rings. The first-order valence-corrected chi connectivity index (χ1v) is 3.00. The normalized spacial score (nSPS) is 9.30. The van der Waals surface area contributed by atoms with Crippen LogP contribution in [0.3, 0.4) is 0 Å². The summed E-state index contributed by atoms with van der Waals surface area (Å²) in [6.07, 6.45) is 3.33. The Morgan fingerprint density at radius 1 is 1.90 bits per heavy atom. The van der Waals surface area contributed by atoms with E-state index in [0.29, 0.717) is 12.5 Å². The Labute approximate surface area is 58.4 Å². The molecule has 0 saturated carbocycles. The van der Waals surface area contributed by atoms with E-state index in [-0.39, 0.29) is 0 Å². The molecule has 1 aromatic heterocycles. The fourth-order valence-electron chi connectivity index (χ4n) is 0.697. The van der Waals surface area contributed by atoms with Gasteiger partial charge in [-0.3, -0.25) is 4.79 Å². The summed E-state index contributed by atoms with van der Waals surface area (Å²) >= 11 is 0. The van der Waals surface area contributed by atoms with E-state index in [1.807, 2.05) is 6.92 Å². The van der Waals surface area contributed by atoms with Gasteiger partial charge < -0.3 is 9.30 Å². The molecule has 0 aliphatic heterocycles. The number of carbonyl (C=O) groups excluding carboxylic acids is 1. The van der Waals surface area contributed by atoms with Crippen molar-refractivity contribution in [3.63, 3.8) is 0 Å². The molecule has 54 valence electrons. The van der Waals surface area contributed by atoms with Gasteiger partial charge in [0.15, 0.2) is 0 Å². The summed E-state index contributed by atoms with van der Waals surface area (Å²) in [7, 11) is 0. The molecule has 4 heteroatoms. The number of hydrogen-bond acceptors (Lipinski definition) is 3. The van der Waals surface area contributed by atoms with Crippen LogP contribution >= 0.6 is 0 Å². The van der Waals surface area contributed by atoms with Gasteiger partial charge in [0.1, 0.15) is 0 Å². The van der Waals surface area contributed by atoms with Gasteiger partial charge in [-0.25, -0.2) is 4.98 Å². The largest absolute Gasteiger partial charge is 0.394 e. The quantitative estimate of drug-likeness (QED) is 0.572. The molecular weight excluding hydrogens is 132 g/mol. The van der Waals surface area contributed by atoms with Crippen molar-refractivity contribution in [2.45, 2.75) is 13.5 Å². The lowest BCUT2D eigenvalue weighted by atomic mass is 10.7. The van der Waals surface area contributed by atoms with Gasteiger partial charge in [0.25, 0.3) is 0 Å². The molecule has 0 aromatic carbocycles. The fourth-order valence-corrected chi connectivity index (χ4v) is 0.697. The van der Waals surface area contributed by atoms with E-state index in [4.69, 9.17) is 0 Å². The second-order valence-electron chi connectivity index (χ2n) is 1.71. The highest BCUT2D eigenvalue weighted by Crippen LogP contribution is 2.04. The Morgan fingerprint density at radius 2 is 2.70 bits per heavy atom. The number of hydrogen-bond donors (Lipinski definition) is 0. The molecule has 1 aromatic rings. The minimum atomic E-state index is 0.345. The zero-order valence-corrected chi connectivity index (χ0v) is 5.65. The third-order valence-corrected chi connectivity index (χ3v) is 1.17. The van der Waals surface area contributed by atoms with Crippen LogP contribution in [-0.4, -0.2) is 16.0 Å². The van der Waals surface area contributed by atoms with Gasteiger partial charge >= 0.3 is 12.5 Å². The van der Waals surface area contributed by atoms with Crippen LogP contribution in [0, 0.1) is 0 Å². The van der Waals surface area contributed by atoms with Crippen LogP contribution in [0.4, 0.5) is 0 Å². The number of aromatic nitrogens is 2. The molecule has 10 heavy (non-hydrogen) atoms. The lowest BCUT2D eigenvalue weighted by molar-refractivity contribution is -0.121. The average Bonchev–Trinajstić information content (AvgIpc) is 2.36. The predicted molar refractivity (Wildman–Crippen MR) is 34.6 cm³/mol. The van der Waals surface area contributed by atoms with Gasteiger partial charge in [-0.2, -0.15) is 0 Å². The van der Waals surface area contributed by atoms with Crippen molar-refractivity contribution in [2.75, 3.05) is 0 Å². The molecule has 0 N–H and O–H groups in total. The first-order valence-electron chi connectivity index (χ1n) is 3.00. The molecule has 0 spiro atoms. The van der Waals surface area contributed by atoms with Crippen LogP contribution in [0.2, 0.25) is 0 Å². The van der Waals surface area contributed by atoms with Crippen molar-refractivity contribution in [3.05, 3.63) is 12.4 Å². The zero-order valence-electron chi connectivity index (χ0n) is 5.65. The van der Waals surface area contributed by atoms with Crippen LogP contribution in [0.1, 0.15) is 6.92 Å². The lowest BCUT2D eigenvalue weighted by Crippen LogP contribution is -1.99. The lowest BCUT2D eigenvalue weighted by Gasteiger charge is -1.98. The molecule has 4 nitrogen and oxygen atoms in total. The smallest absolute Gasteiger partial charge is 0.303 e. The predicted octanol–water partition coefficient (Wildman–Crippen LogP) is 0.438. The second-order valence-corrected chi connectivity index (χ2v) is 1.71. The molecule has 0 saturated heterocycles. The number of nitrogens with zero attached hydrogens (tertiary/aromatic N) is 2. The van der Waals surface area contributed by atoms with Crippen LogP contribution in [-0.2, 0) is 11.3 Å². The Morgan fingerprint density at radius 3 is 3.30 bits per heavy atom. The Hall–Kier alpha value is -1.32. The van der Waals surface area contributed by atoms with Crippen molar-refractivity contribution >= 4 is 6.47 Å². The molecule has 0 fully saturated rings. The van der Waals surface area contributed by atoms with Crippen LogP contribution in [0.15, 0.2) is 12.4 Å². The van der Waals surface area contributed by atoms with E-state index in [1.165, 1.54) is 0 Å². The van der Waals surface area contributed by atoms with Crippen molar-refractivity contribution in [1.82, 2.24) is 9.55 Å². The zero-order chi connectivity index (χ0) is 7.40. The monoisotopic (exact) mass is 140 g/mol. The SMILES string of the molecule is CCn1ccnc1OC=O. The minimum absolute atomic E-state index is 0.345. The number of carbonyl (C=O) groups is 1. The summed E-state index contributed by atoms with van der Waals surface area (Å²) in [4.78, 5) is 13.7. The van der Waals surface area contributed by atoms with E-state index in [9.17, 15) is 4.79 Å². The van der Waals surface area contributed by atoms with Crippen LogP contribution in [0.25, 0.3) is 0 Å². The molecule has 0 amide bonds. The van der Waals surface area contributed by atoms with Crippen LogP contribution in [0.5, 0.6) is 6.01 Å². The Kier molecular flexibility index (Phi) is 2.04. The van der Waals surface area contributed by atoms with Gasteiger partial charge in [-0.1, -0.05) is 0 Å². The Bertz CT molecular complexity index is 219. The van der Waals surface area contributed by atoms with Gasteiger partial charge in [0.05, 0.1) is 0 Å². The van der Waals surface area contributed by atoms with E-state index in [1.54, 1.807) is 17.0 Å². The molecule has 1 rings (SSSR count). The highest BCUT2D eigenvalue weighted by atomic mass is 16.5. The number of aryl methyl sites for hydroxylation is 1. The number of rotatable bonds is 3. The highest BCUT2D eigenvalue weighted by molar-refractivity contribution is 5.41. The van der Waals surface area contributed by atoms with E-state index in [2.05, 4.69) is 9.72 Å². The molecule has 0 unspecified atom stereocenters. The van der Waals surface area contributed by atoms with Crippen molar-refractivity contribution in [3.8, 4) is 6.01 Å². The second kappa shape index (κ2) is 3.00. The summed E-state index contributed by atoms with van der Waals surface area (Å²) in [6.45, 7) is 3.07. The van der Waals surface area contributed by atoms with E-state index < -0.39 is 0 Å². The van der Waals surface area contributed by atoms with Gasteiger partial charge in [0.2, 0.25) is 0 Å². The number of imidazole rings is 1. The maximum absolute atomic E-state index is 9.86. The minimum Gasteiger partial charge on any atom is -0.394 e. The molecular formula is C6H8N2O2. The van der Waals surface area contributed by atoms with Gasteiger partial charge in [0, 0.05) is 18.9 Å².